The van der Waals surface area contributed by atoms with Crippen LogP contribution in [0.3, 0.4) is 0 Å². The van der Waals surface area contributed by atoms with E-state index in [2.05, 4.69) is 10.2 Å². The van der Waals surface area contributed by atoms with Gasteiger partial charge in [0.1, 0.15) is 5.82 Å². The van der Waals surface area contributed by atoms with Crippen LogP contribution in [-0.2, 0) is 0 Å². The van der Waals surface area contributed by atoms with Crippen LogP contribution in [0, 0.1) is 5.82 Å². The summed E-state index contributed by atoms with van der Waals surface area (Å²) in [5, 5.41) is 7.17. The summed E-state index contributed by atoms with van der Waals surface area (Å²) in [4.78, 5) is 0. The van der Waals surface area contributed by atoms with E-state index in [0.717, 1.165) is 5.39 Å². The topological polar surface area (TPSA) is 54.7 Å². The molecule has 11 heavy (non-hydrogen) atoms. The predicted octanol–water partition coefficient (Wildman–Crippen LogP) is 1.28. The second-order valence-corrected chi connectivity index (χ2v) is 2.30. The zero-order valence-corrected chi connectivity index (χ0v) is 5.63. The molecule has 0 atom stereocenters. The van der Waals surface area contributed by atoms with E-state index in [1.54, 1.807) is 12.3 Å². The quantitative estimate of drug-likeness (QED) is 0.557. The number of benzene rings is 1. The molecule has 1 heterocycles. The Bertz CT molecular complexity index is 393. The zero-order chi connectivity index (χ0) is 7.84. The number of nitrogens with zero attached hydrogens (tertiary/aromatic N) is 1. The van der Waals surface area contributed by atoms with Crippen molar-refractivity contribution < 1.29 is 4.39 Å². The number of nitrogen functional groups attached to an aromatic ring is 1. The number of nitrogens with two attached hydrogens (primary N) is 1. The van der Waals surface area contributed by atoms with E-state index in [1.807, 2.05) is 0 Å². The van der Waals surface area contributed by atoms with Gasteiger partial charge >= 0.3 is 0 Å². The number of aromatic amines is 1. The Labute approximate surface area is 62.0 Å². The summed E-state index contributed by atoms with van der Waals surface area (Å²) in [7, 11) is 0. The first-order chi connectivity index (χ1) is 5.29. The Morgan fingerprint density at radius 2 is 2.27 bits per heavy atom. The summed E-state index contributed by atoms with van der Waals surface area (Å²) >= 11 is 0. The van der Waals surface area contributed by atoms with Gasteiger partial charge in [0.15, 0.2) is 0 Å². The smallest absolute Gasteiger partial charge is 0.148 e. The summed E-state index contributed by atoms with van der Waals surface area (Å²) in [5.74, 6) is -0.415. The Balaban J connectivity index is 2.93. The third-order valence-electron chi connectivity index (χ3n) is 1.60. The molecule has 0 radical (unpaired) electrons. The maximum absolute atomic E-state index is 12.8. The fraction of sp³-hybridized carbons (Fsp3) is 0. The molecule has 2 aromatic rings. The number of nitrogens with one attached hydrogen (secondary N) is 1. The van der Waals surface area contributed by atoms with E-state index in [4.69, 9.17) is 5.73 Å². The molecule has 56 valence electrons. The Kier molecular flexibility index (Phi) is 1.09. The number of rotatable bonds is 0. The van der Waals surface area contributed by atoms with Gasteiger partial charge in [-0.2, -0.15) is 5.10 Å². The molecule has 0 aliphatic rings. The van der Waals surface area contributed by atoms with Gasteiger partial charge in [-0.1, -0.05) is 0 Å². The van der Waals surface area contributed by atoms with Gasteiger partial charge in [-0.3, -0.25) is 5.10 Å². The third-order valence-corrected chi connectivity index (χ3v) is 1.60. The van der Waals surface area contributed by atoms with Crippen LogP contribution in [0.4, 0.5) is 10.1 Å². The van der Waals surface area contributed by atoms with E-state index in [9.17, 15) is 4.39 Å². The van der Waals surface area contributed by atoms with Crippen molar-refractivity contribution in [2.75, 3.05) is 5.73 Å². The lowest BCUT2D eigenvalue weighted by Crippen LogP contribution is -1.90. The van der Waals surface area contributed by atoms with Crippen molar-refractivity contribution >= 4 is 16.6 Å². The van der Waals surface area contributed by atoms with E-state index >= 15 is 0 Å². The molecule has 0 bridgehead atoms. The van der Waals surface area contributed by atoms with E-state index in [1.165, 1.54) is 6.07 Å². The number of hydrogen-bond acceptors (Lipinski definition) is 2. The van der Waals surface area contributed by atoms with Gasteiger partial charge in [0.2, 0.25) is 0 Å². The molecule has 0 unspecified atom stereocenters. The Morgan fingerprint density at radius 3 is 3.09 bits per heavy atom. The van der Waals surface area contributed by atoms with Crippen molar-refractivity contribution in [3.8, 4) is 0 Å². The molecule has 4 heteroatoms. The largest absolute Gasteiger partial charge is 0.395 e. The molecule has 0 aliphatic heterocycles. The highest BCUT2D eigenvalue weighted by Crippen LogP contribution is 2.20. The van der Waals surface area contributed by atoms with Gasteiger partial charge in [0.25, 0.3) is 0 Å². The average Bonchev–Trinajstić information content (AvgIpc) is 2.45. The minimum Gasteiger partial charge on any atom is -0.395 e. The second kappa shape index (κ2) is 1.95. The van der Waals surface area contributed by atoms with Crippen molar-refractivity contribution in [3.63, 3.8) is 0 Å². The summed E-state index contributed by atoms with van der Waals surface area (Å²) < 4.78 is 12.8. The highest BCUT2D eigenvalue weighted by Gasteiger charge is 2.03. The van der Waals surface area contributed by atoms with Gasteiger partial charge in [0.05, 0.1) is 17.4 Å². The molecular formula is C7H6FN3. The Morgan fingerprint density at radius 1 is 1.45 bits per heavy atom. The fourth-order valence-corrected chi connectivity index (χ4v) is 1.01. The van der Waals surface area contributed by atoms with Crippen LogP contribution in [0.2, 0.25) is 0 Å². The first-order valence-electron chi connectivity index (χ1n) is 3.16. The van der Waals surface area contributed by atoms with Gasteiger partial charge in [-0.05, 0) is 12.1 Å². The van der Waals surface area contributed by atoms with Crippen LogP contribution in [0.5, 0.6) is 0 Å². The highest BCUT2D eigenvalue weighted by atomic mass is 19.1. The van der Waals surface area contributed by atoms with Crippen LogP contribution in [0.25, 0.3) is 10.9 Å². The van der Waals surface area contributed by atoms with Crippen molar-refractivity contribution in [2.24, 2.45) is 0 Å². The molecule has 0 fully saturated rings. The highest BCUT2D eigenvalue weighted by molar-refractivity contribution is 5.88. The molecule has 1 aromatic carbocycles. The van der Waals surface area contributed by atoms with E-state index in [-0.39, 0.29) is 5.69 Å². The number of H-pyrrole nitrogens is 1. The maximum Gasteiger partial charge on any atom is 0.148 e. The lowest BCUT2D eigenvalue weighted by Gasteiger charge is -1.95. The average molecular weight is 151 g/mol. The molecule has 2 rings (SSSR count). The van der Waals surface area contributed by atoms with Crippen molar-refractivity contribution in [1.82, 2.24) is 10.2 Å². The molecule has 1 aromatic heterocycles. The number of halogens is 1. The molecule has 0 saturated heterocycles. The van der Waals surface area contributed by atoms with Gasteiger partial charge in [0, 0.05) is 5.39 Å². The first kappa shape index (κ1) is 6.15. The second-order valence-electron chi connectivity index (χ2n) is 2.30. The minimum absolute atomic E-state index is 0.125. The summed E-state index contributed by atoms with van der Waals surface area (Å²) in [6.45, 7) is 0. The van der Waals surface area contributed by atoms with E-state index < -0.39 is 5.82 Å². The van der Waals surface area contributed by atoms with Crippen LogP contribution in [-0.4, -0.2) is 10.2 Å². The summed E-state index contributed by atoms with van der Waals surface area (Å²) in [5.41, 5.74) is 6.10. The number of hydrogen-bond donors (Lipinski definition) is 2. The molecular weight excluding hydrogens is 145 g/mol. The molecule has 0 spiro atoms. The van der Waals surface area contributed by atoms with Crippen LogP contribution in [0.1, 0.15) is 0 Å². The molecule has 3 nitrogen and oxygen atoms in total. The lowest BCUT2D eigenvalue weighted by molar-refractivity contribution is 0.634. The molecule has 0 aliphatic carbocycles. The van der Waals surface area contributed by atoms with Crippen LogP contribution >= 0.6 is 0 Å². The first-order valence-corrected chi connectivity index (χ1v) is 3.16. The molecule has 0 saturated carbocycles. The van der Waals surface area contributed by atoms with Crippen molar-refractivity contribution in [1.29, 1.82) is 0 Å². The van der Waals surface area contributed by atoms with Crippen LogP contribution in [0.15, 0.2) is 18.3 Å². The standard InChI is InChI=1S/C7H6FN3/c8-5-2-1-4-3-10-11-7(4)6(5)9/h1-3H,9H2,(H,10,11). The van der Waals surface area contributed by atoms with Gasteiger partial charge in [-0.25, -0.2) is 4.39 Å². The molecule has 3 N–H and O–H groups in total. The monoisotopic (exact) mass is 151 g/mol. The third kappa shape index (κ3) is 0.756. The SMILES string of the molecule is Nc1c(F)ccc2cn[nH]c12. The zero-order valence-electron chi connectivity index (χ0n) is 5.63. The fourth-order valence-electron chi connectivity index (χ4n) is 1.01. The number of anilines is 1. The maximum atomic E-state index is 12.8. The predicted molar refractivity (Wildman–Crippen MR) is 40.5 cm³/mol. The minimum atomic E-state index is -0.415. The molecule has 0 amide bonds. The van der Waals surface area contributed by atoms with Gasteiger partial charge < -0.3 is 5.73 Å². The summed E-state index contributed by atoms with van der Waals surface area (Å²) in [6, 6.07) is 2.96. The van der Waals surface area contributed by atoms with Gasteiger partial charge in [-0.15, -0.1) is 0 Å². The van der Waals surface area contributed by atoms with Crippen LogP contribution < -0.4 is 5.73 Å². The number of aromatic nitrogens is 2. The summed E-state index contributed by atoms with van der Waals surface area (Å²) in [6.07, 6.45) is 1.60. The van der Waals surface area contributed by atoms with Crippen molar-refractivity contribution in [2.45, 2.75) is 0 Å². The van der Waals surface area contributed by atoms with Crippen molar-refractivity contribution in [3.05, 3.63) is 24.1 Å². The lowest BCUT2D eigenvalue weighted by atomic mass is 10.2. The van der Waals surface area contributed by atoms with E-state index in [0.29, 0.717) is 5.52 Å². The number of fused-ring (bicyclic) bond motifs is 1. The Hall–Kier alpha value is -1.58. The normalized spacial score (nSPS) is 10.6.